The Balaban J connectivity index is 1.44. The number of rotatable bonds is 6. The maximum absolute atomic E-state index is 13.4. The van der Waals surface area contributed by atoms with E-state index < -0.39 is 11.8 Å². The summed E-state index contributed by atoms with van der Waals surface area (Å²) >= 11 is 21.3. The van der Waals surface area contributed by atoms with E-state index in [2.05, 4.69) is 39.4 Å². The third-order valence-corrected chi connectivity index (χ3v) is 7.72. The van der Waals surface area contributed by atoms with Crippen LogP contribution in [0.1, 0.15) is 11.1 Å². The quantitative estimate of drug-likeness (QED) is 0.136. The van der Waals surface area contributed by atoms with Crippen molar-refractivity contribution in [2.24, 2.45) is 0 Å². The lowest BCUT2D eigenvalue weighted by Crippen LogP contribution is -2.54. The number of fused-ring (bicyclic) bond motifs is 1. The van der Waals surface area contributed by atoms with E-state index in [1.807, 2.05) is 24.3 Å². The molecule has 0 saturated carbocycles. The van der Waals surface area contributed by atoms with Crippen LogP contribution >= 0.6 is 51.3 Å². The van der Waals surface area contributed by atoms with E-state index in [-0.39, 0.29) is 26.4 Å². The molecule has 0 bridgehead atoms. The standard InChI is InChI=1S/C29H19BrCl2N2O4S/c1-37-24-14-17(13-21(30)26(24)38-15-16-9-10-18-5-2-3-6-19(18)11-16)12-20-27(35)33-29(39)34(28(20)36)23-8-4-7-22(31)25(23)32/h2-14H,15H2,1H3,(H,33,35,39)/b20-12+. The van der Waals surface area contributed by atoms with Gasteiger partial charge in [-0.2, -0.15) is 0 Å². The third kappa shape index (κ3) is 5.51. The third-order valence-electron chi connectivity index (χ3n) is 6.03. The number of hydrogen-bond acceptors (Lipinski definition) is 5. The summed E-state index contributed by atoms with van der Waals surface area (Å²) in [6.07, 6.45) is 1.45. The molecule has 1 heterocycles. The first kappa shape index (κ1) is 27.1. The highest BCUT2D eigenvalue weighted by atomic mass is 79.9. The van der Waals surface area contributed by atoms with Gasteiger partial charge in [0.25, 0.3) is 11.8 Å². The van der Waals surface area contributed by atoms with E-state index in [9.17, 15) is 9.59 Å². The van der Waals surface area contributed by atoms with Gasteiger partial charge in [0, 0.05) is 0 Å². The summed E-state index contributed by atoms with van der Waals surface area (Å²) in [7, 11) is 1.52. The zero-order valence-corrected chi connectivity index (χ0v) is 24.2. The molecule has 0 aromatic heterocycles. The normalized spacial score (nSPS) is 14.6. The molecule has 0 radical (unpaired) electrons. The zero-order valence-electron chi connectivity index (χ0n) is 20.3. The molecule has 2 amide bonds. The van der Waals surface area contributed by atoms with Gasteiger partial charge in [-0.15, -0.1) is 0 Å². The molecular weight excluding hydrogens is 623 g/mol. The Bertz CT molecular complexity index is 1690. The molecule has 0 unspecified atom stereocenters. The van der Waals surface area contributed by atoms with Gasteiger partial charge in [0.2, 0.25) is 0 Å². The molecule has 196 valence electrons. The van der Waals surface area contributed by atoms with E-state index in [0.29, 0.717) is 28.1 Å². The smallest absolute Gasteiger partial charge is 0.270 e. The minimum Gasteiger partial charge on any atom is -0.493 e. The largest absolute Gasteiger partial charge is 0.493 e. The number of carbonyl (C=O) groups excluding carboxylic acids is 2. The number of carbonyl (C=O) groups is 2. The van der Waals surface area contributed by atoms with Gasteiger partial charge >= 0.3 is 0 Å². The summed E-state index contributed by atoms with van der Waals surface area (Å²) in [5.74, 6) is -0.363. The van der Waals surface area contributed by atoms with Crippen LogP contribution in [-0.4, -0.2) is 24.0 Å². The van der Waals surface area contributed by atoms with E-state index in [4.69, 9.17) is 44.9 Å². The Morgan fingerprint density at radius 2 is 1.77 bits per heavy atom. The number of ether oxygens (including phenoxy) is 2. The highest BCUT2D eigenvalue weighted by Crippen LogP contribution is 2.39. The molecule has 0 spiro atoms. The number of hydrogen-bond donors (Lipinski definition) is 1. The van der Waals surface area contributed by atoms with Crippen LogP contribution in [0.4, 0.5) is 5.69 Å². The highest BCUT2D eigenvalue weighted by Gasteiger charge is 2.35. The highest BCUT2D eigenvalue weighted by molar-refractivity contribution is 9.10. The van der Waals surface area contributed by atoms with Gasteiger partial charge in [0.1, 0.15) is 12.2 Å². The number of anilines is 1. The van der Waals surface area contributed by atoms with Crippen molar-refractivity contribution in [3.05, 3.63) is 104 Å². The summed E-state index contributed by atoms with van der Waals surface area (Å²) in [6, 6.07) is 22.5. The Labute approximate surface area is 248 Å². The second-order valence-electron chi connectivity index (χ2n) is 8.54. The van der Waals surface area contributed by atoms with Crippen molar-refractivity contribution in [3.63, 3.8) is 0 Å². The minimum absolute atomic E-state index is 0.0949. The van der Waals surface area contributed by atoms with Gasteiger partial charge in [-0.05, 0) is 86.5 Å². The fourth-order valence-electron chi connectivity index (χ4n) is 4.16. The van der Waals surface area contributed by atoms with Crippen LogP contribution in [0.5, 0.6) is 11.5 Å². The number of amides is 2. The summed E-state index contributed by atoms with van der Waals surface area (Å²) < 4.78 is 12.3. The topological polar surface area (TPSA) is 67.9 Å². The van der Waals surface area contributed by atoms with Gasteiger partial charge in [-0.25, -0.2) is 0 Å². The van der Waals surface area contributed by atoms with Crippen molar-refractivity contribution in [1.82, 2.24) is 5.32 Å². The number of nitrogens with one attached hydrogen (secondary N) is 1. The predicted octanol–water partition coefficient (Wildman–Crippen LogP) is 7.33. The predicted molar refractivity (Wildman–Crippen MR) is 162 cm³/mol. The molecule has 4 aromatic rings. The zero-order chi connectivity index (χ0) is 27.7. The minimum atomic E-state index is -0.639. The first-order valence-corrected chi connectivity index (χ1v) is 13.6. The molecule has 39 heavy (non-hydrogen) atoms. The molecule has 6 nitrogen and oxygen atoms in total. The molecule has 0 aliphatic carbocycles. The SMILES string of the molecule is COc1cc(/C=C2\C(=O)NC(=S)N(c3cccc(Cl)c3Cl)C2=O)cc(Br)c1OCc1ccc2ccccc2c1. The molecule has 1 saturated heterocycles. The van der Waals surface area contributed by atoms with Crippen LogP contribution in [0.15, 0.2) is 82.8 Å². The summed E-state index contributed by atoms with van der Waals surface area (Å²) in [6.45, 7) is 0.313. The Hall–Kier alpha value is -3.43. The van der Waals surface area contributed by atoms with Crippen molar-refractivity contribution in [2.75, 3.05) is 12.0 Å². The second-order valence-corrected chi connectivity index (χ2v) is 10.6. The van der Waals surface area contributed by atoms with E-state index in [0.717, 1.165) is 21.2 Å². The van der Waals surface area contributed by atoms with Crippen molar-refractivity contribution in [2.45, 2.75) is 6.61 Å². The second kappa shape index (κ2) is 11.4. The van der Waals surface area contributed by atoms with E-state index in [1.54, 1.807) is 30.3 Å². The number of thiocarbonyl (C=S) groups is 1. The molecular formula is C29H19BrCl2N2O4S. The van der Waals surface area contributed by atoms with Crippen molar-refractivity contribution in [1.29, 1.82) is 0 Å². The van der Waals surface area contributed by atoms with Gasteiger partial charge < -0.3 is 9.47 Å². The van der Waals surface area contributed by atoms with Crippen molar-refractivity contribution < 1.29 is 19.1 Å². The van der Waals surface area contributed by atoms with Crippen LogP contribution in [0, 0.1) is 0 Å². The van der Waals surface area contributed by atoms with Gasteiger partial charge in [-0.3, -0.25) is 19.8 Å². The Kier molecular flexibility index (Phi) is 7.91. The first-order valence-electron chi connectivity index (χ1n) is 11.6. The van der Waals surface area contributed by atoms with E-state index >= 15 is 0 Å². The van der Waals surface area contributed by atoms with Gasteiger partial charge in [0.05, 0.1) is 27.3 Å². The lowest BCUT2D eigenvalue weighted by molar-refractivity contribution is -0.122. The molecule has 10 heteroatoms. The summed E-state index contributed by atoms with van der Waals surface area (Å²) in [5.41, 5.74) is 1.65. The molecule has 4 aromatic carbocycles. The van der Waals surface area contributed by atoms with Crippen molar-refractivity contribution >= 4 is 90.8 Å². The summed E-state index contributed by atoms with van der Waals surface area (Å²) in [4.78, 5) is 27.3. The number of halogens is 3. The fourth-order valence-corrected chi connectivity index (χ4v) is 5.38. The van der Waals surface area contributed by atoms with Crippen molar-refractivity contribution in [3.8, 4) is 11.5 Å². The molecule has 1 N–H and O–H groups in total. The van der Waals surface area contributed by atoms with Crippen LogP contribution in [0.25, 0.3) is 16.8 Å². The fraction of sp³-hybridized carbons (Fsp3) is 0.0690. The lowest BCUT2D eigenvalue weighted by atomic mass is 10.1. The maximum atomic E-state index is 13.4. The average Bonchev–Trinajstić information content (AvgIpc) is 2.92. The average molecular weight is 642 g/mol. The Morgan fingerprint density at radius 3 is 2.54 bits per heavy atom. The van der Waals surface area contributed by atoms with E-state index in [1.165, 1.54) is 13.2 Å². The number of benzene rings is 4. The van der Waals surface area contributed by atoms with Gasteiger partial charge in [-0.1, -0.05) is 65.7 Å². The number of methoxy groups -OCH3 is 1. The monoisotopic (exact) mass is 640 g/mol. The molecule has 5 rings (SSSR count). The number of nitrogens with zero attached hydrogens (tertiary/aromatic N) is 1. The van der Waals surface area contributed by atoms with Crippen LogP contribution in [-0.2, 0) is 16.2 Å². The first-order chi connectivity index (χ1) is 18.8. The van der Waals surface area contributed by atoms with Gasteiger partial charge in [0.15, 0.2) is 16.6 Å². The maximum Gasteiger partial charge on any atom is 0.270 e. The molecule has 1 fully saturated rings. The summed E-state index contributed by atoms with van der Waals surface area (Å²) in [5, 5.41) is 5.11. The molecule has 1 aliphatic heterocycles. The molecule has 1 aliphatic rings. The van der Waals surface area contributed by atoms with Crippen LogP contribution < -0.4 is 19.7 Å². The Morgan fingerprint density at radius 1 is 1.00 bits per heavy atom. The van der Waals surface area contributed by atoms with Crippen LogP contribution in [0.2, 0.25) is 10.0 Å². The lowest BCUT2D eigenvalue weighted by Gasteiger charge is -2.29. The van der Waals surface area contributed by atoms with Crippen LogP contribution in [0.3, 0.4) is 0 Å². The molecule has 0 atom stereocenters.